The first-order chi connectivity index (χ1) is 25.9. The topological polar surface area (TPSA) is 6.48 Å². The number of hydrogen-bond acceptors (Lipinski definition) is 2. The fourth-order valence-corrected chi connectivity index (χ4v) is 9.21. The number of rotatable bonds is 6. The van der Waals surface area contributed by atoms with Gasteiger partial charge in [0.15, 0.2) is 0 Å². The molecule has 0 heterocycles. The van der Waals surface area contributed by atoms with Crippen molar-refractivity contribution in [3.63, 3.8) is 0 Å². The van der Waals surface area contributed by atoms with Gasteiger partial charge in [-0.2, -0.15) is 0 Å². The monoisotopic (exact) mass is 828 g/mol. The highest BCUT2D eigenvalue weighted by atomic mass is 79.9. The maximum absolute atomic E-state index is 3.64. The second kappa shape index (κ2) is 12.9. The summed E-state index contributed by atoms with van der Waals surface area (Å²) in [6.45, 7) is 13.9. The van der Waals surface area contributed by atoms with E-state index in [0.717, 1.165) is 43.1 Å². The van der Waals surface area contributed by atoms with Gasteiger partial charge in [0.05, 0.1) is 0 Å². The van der Waals surface area contributed by atoms with Crippen LogP contribution in [0, 0.1) is 13.8 Å². The van der Waals surface area contributed by atoms with Gasteiger partial charge in [-0.25, -0.2) is 0 Å². The fraction of sp³-hybridized carbons (Fsp3) is 0.160. The maximum atomic E-state index is 3.64. The Morgan fingerprint density at radius 3 is 0.944 bits per heavy atom. The van der Waals surface area contributed by atoms with Crippen LogP contribution in [0.25, 0.3) is 22.3 Å². The lowest BCUT2D eigenvalue weighted by molar-refractivity contribution is 0.652. The van der Waals surface area contributed by atoms with Crippen molar-refractivity contribution in [1.82, 2.24) is 0 Å². The van der Waals surface area contributed by atoms with Gasteiger partial charge in [-0.3, -0.25) is 0 Å². The van der Waals surface area contributed by atoms with Gasteiger partial charge in [-0.1, -0.05) is 107 Å². The highest BCUT2D eigenvalue weighted by molar-refractivity contribution is 9.10. The second-order valence-corrected chi connectivity index (χ2v) is 17.8. The van der Waals surface area contributed by atoms with Crippen LogP contribution in [0.1, 0.15) is 61.1 Å². The standard InChI is InChI=1S/C50H42Br2N2/c1-31-7-15-35(16-8-31)53(37-19-11-33(51)12-20-37)39-23-25-41-43-29-48-44(30-47(43)49(3,4)45(41)27-39)42-26-24-40(28-46(42)50(48,5)6)54(36-17-9-32(2)10-18-36)38-21-13-34(52)14-22-38/h7-30H,1-6H3. The Balaban J connectivity index is 1.14. The van der Waals surface area contributed by atoms with E-state index in [4.69, 9.17) is 0 Å². The molecule has 0 aliphatic heterocycles. The molecule has 0 radical (unpaired) electrons. The summed E-state index contributed by atoms with van der Waals surface area (Å²) in [5.74, 6) is 0. The number of hydrogen-bond donors (Lipinski definition) is 0. The molecule has 2 aliphatic rings. The summed E-state index contributed by atoms with van der Waals surface area (Å²) in [6.07, 6.45) is 0. The summed E-state index contributed by atoms with van der Waals surface area (Å²) in [7, 11) is 0. The molecule has 0 bridgehead atoms. The quantitative estimate of drug-likeness (QED) is 0.165. The first-order valence-electron chi connectivity index (χ1n) is 18.6. The molecule has 0 atom stereocenters. The fourth-order valence-electron chi connectivity index (χ4n) is 8.68. The highest BCUT2D eigenvalue weighted by Gasteiger charge is 2.42. The van der Waals surface area contributed by atoms with Crippen molar-refractivity contribution in [3.8, 4) is 22.3 Å². The van der Waals surface area contributed by atoms with Crippen molar-refractivity contribution < 1.29 is 0 Å². The van der Waals surface area contributed by atoms with Crippen LogP contribution in [0.4, 0.5) is 34.1 Å². The van der Waals surface area contributed by atoms with Crippen LogP contribution in [-0.2, 0) is 10.8 Å². The molecule has 2 aliphatic carbocycles. The van der Waals surface area contributed by atoms with Crippen LogP contribution in [-0.4, -0.2) is 0 Å². The average Bonchev–Trinajstić information content (AvgIpc) is 3.52. The molecule has 0 saturated heterocycles. The minimum absolute atomic E-state index is 0.176. The lowest BCUT2D eigenvalue weighted by Gasteiger charge is -2.28. The molecule has 2 nitrogen and oxygen atoms in total. The predicted octanol–water partition coefficient (Wildman–Crippen LogP) is 15.4. The van der Waals surface area contributed by atoms with Crippen molar-refractivity contribution >= 4 is 66.0 Å². The molecule has 0 amide bonds. The molecule has 0 fully saturated rings. The number of fused-ring (bicyclic) bond motifs is 6. The maximum Gasteiger partial charge on any atom is 0.0465 e. The van der Waals surface area contributed by atoms with Gasteiger partial charge in [0.2, 0.25) is 0 Å². The van der Waals surface area contributed by atoms with Crippen molar-refractivity contribution in [3.05, 3.63) is 188 Å². The summed E-state index contributed by atoms with van der Waals surface area (Å²) in [6, 6.07) is 54.1. The Bertz CT molecular complexity index is 2290. The third-order valence-corrected chi connectivity index (χ3v) is 12.8. The Labute approximate surface area is 336 Å². The summed E-state index contributed by atoms with van der Waals surface area (Å²) in [4.78, 5) is 4.74. The van der Waals surface area contributed by atoms with Crippen molar-refractivity contribution in [1.29, 1.82) is 0 Å². The van der Waals surface area contributed by atoms with E-state index in [1.807, 2.05) is 0 Å². The Kier molecular flexibility index (Phi) is 8.30. The van der Waals surface area contributed by atoms with Crippen molar-refractivity contribution in [2.24, 2.45) is 0 Å². The summed E-state index contributed by atoms with van der Waals surface area (Å²) >= 11 is 7.28. The van der Waals surface area contributed by atoms with Crippen molar-refractivity contribution in [2.45, 2.75) is 52.4 Å². The molecule has 0 unspecified atom stereocenters. The van der Waals surface area contributed by atoms with Gasteiger partial charge in [-0.05, 0) is 168 Å². The first-order valence-corrected chi connectivity index (χ1v) is 20.2. The lowest BCUT2D eigenvalue weighted by Crippen LogP contribution is -2.18. The Hall–Kier alpha value is -4.90. The molecule has 0 aromatic heterocycles. The van der Waals surface area contributed by atoms with Gasteiger partial charge < -0.3 is 9.80 Å². The number of aryl methyl sites for hydroxylation is 2. The zero-order chi connectivity index (χ0) is 37.5. The van der Waals surface area contributed by atoms with E-state index in [9.17, 15) is 0 Å². The molecular formula is C50H42Br2N2. The third kappa shape index (κ3) is 5.65. The van der Waals surface area contributed by atoms with E-state index < -0.39 is 0 Å². The van der Waals surface area contributed by atoms with E-state index in [2.05, 4.69) is 229 Å². The lowest BCUT2D eigenvalue weighted by atomic mass is 9.79. The minimum atomic E-state index is -0.176. The van der Waals surface area contributed by atoms with Gasteiger partial charge >= 0.3 is 0 Å². The second-order valence-electron chi connectivity index (χ2n) is 15.9. The molecule has 266 valence electrons. The SMILES string of the molecule is Cc1ccc(N(c2ccc(Br)cc2)c2ccc3c(c2)C(C)(C)c2cc4c(cc2-3)C(C)(C)c2cc(N(c3ccc(C)cc3)c3ccc(Br)cc3)ccc2-4)cc1. The number of nitrogens with zero attached hydrogens (tertiary/aromatic N) is 2. The molecule has 7 aromatic carbocycles. The minimum Gasteiger partial charge on any atom is -0.310 e. The normalized spacial score (nSPS) is 14.2. The molecule has 0 N–H and O–H groups in total. The van der Waals surface area contributed by atoms with Crippen LogP contribution in [0.15, 0.2) is 155 Å². The van der Waals surface area contributed by atoms with E-state index in [1.165, 1.54) is 55.6 Å². The van der Waals surface area contributed by atoms with Crippen molar-refractivity contribution in [2.75, 3.05) is 9.80 Å². The Morgan fingerprint density at radius 1 is 0.333 bits per heavy atom. The van der Waals surface area contributed by atoms with Gasteiger partial charge in [0.1, 0.15) is 0 Å². The summed E-state index contributed by atoms with van der Waals surface area (Å²) in [5.41, 5.74) is 19.9. The summed E-state index contributed by atoms with van der Waals surface area (Å²) in [5, 5.41) is 0. The van der Waals surface area contributed by atoms with E-state index >= 15 is 0 Å². The van der Waals surface area contributed by atoms with E-state index in [0.29, 0.717) is 0 Å². The van der Waals surface area contributed by atoms with Crippen LogP contribution in [0.3, 0.4) is 0 Å². The Morgan fingerprint density at radius 2 is 0.611 bits per heavy atom. The average molecular weight is 831 g/mol. The zero-order valence-corrected chi connectivity index (χ0v) is 34.7. The smallest absolute Gasteiger partial charge is 0.0465 e. The number of anilines is 6. The van der Waals surface area contributed by atoms with Gasteiger partial charge in [0.25, 0.3) is 0 Å². The largest absolute Gasteiger partial charge is 0.310 e. The summed E-state index contributed by atoms with van der Waals surface area (Å²) < 4.78 is 2.14. The highest BCUT2D eigenvalue weighted by Crippen LogP contribution is 2.57. The van der Waals surface area contributed by atoms with Crippen LogP contribution in [0.2, 0.25) is 0 Å². The van der Waals surface area contributed by atoms with E-state index in [-0.39, 0.29) is 10.8 Å². The first kappa shape index (κ1) is 34.8. The van der Waals surface area contributed by atoms with Gasteiger partial charge in [-0.15, -0.1) is 0 Å². The molecular weight excluding hydrogens is 788 g/mol. The molecule has 4 heteroatoms. The molecule has 7 aromatic rings. The molecule has 0 saturated carbocycles. The van der Waals surface area contributed by atoms with Crippen LogP contribution in [0.5, 0.6) is 0 Å². The van der Waals surface area contributed by atoms with Crippen LogP contribution < -0.4 is 9.80 Å². The molecule has 0 spiro atoms. The van der Waals surface area contributed by atoms with Crippen LogP contribution >= 0.6 is 31.9 Å². The zero-order valence-electron chi connectivity index (χ0n) is 31.5. The number of benzene rings is 7. The van der Waals surface area contributed by atoms with E-state index in [1.54, 1.807) is 0 Å². The molecule has 54 heavy (non-hydrogen) atoms. The molecule has 9 rings (SSSR count). The third-order valence-electron chi connectivity index (χ3n) is 11.7. The predicted molar refractivity (Wildman–Crippen MR) is 236 cm³/mol. The van der Waals surface area contributed by atoms with Gasteiger partial charge in [0, 0.05) is 53.9 Å². The number of halogens is 2.